The van der Waals surface area contributed by atoms with Crippen LogP contribution in [-0.4, -0.2) is 31.6 Å². The van der Waals surface area contributed by atoms with Crippen LogP contribution in [0.5, 0.6) is 5.88 Å². The minimum atomic E-state index is 0.113. The van der Waals surface area contributed by atoms with Gasteiger partial charge in [0.15, 0.2) is 5.78 Å². The van der Waals surface area contributed by atoms with Crippen LogP contribution in [0.2, 0.25) is 0 Å². The lowest BCUT2D eigenvalue weighted by molar-refractivity contribution is -0.115. The van der Waals surface area contributed by atoms with E-state index in [4.69, 9.17) is 4.74 Å². The molecule has 1 aliphatic carbocycles. The normalized spacial score (nSPS) is 19.5. The second-order valence-electron chi connectivity index (χ2n) is 7.15. The van der Waals surface area contributed by atoms with Crippen LogP contribution < -0.4 is 10.1 Å². The highest BCUT2D eigenvalue weighted by Crippen LogP contribution is 2.34. The molecular formula is C20H23N5O2S. The van der Waals surface area contributed by atoms with Crippen LogP contribution in [-0.2, 0) is 11.8 Å². The van der Waals surface area contributed by atoms with Gasteiger partial charge in [0.2, 0.25) is 11.8 Å². The Labute approximate surface area is 167 Å². The quantitative estimate of drug-likeness (QED) is 0.600. The molecule has 7 nitrogen and oxygen atoms in total. The van der Waals surface area contributed by atoms with E-state index in [1.807, 2.05) is 24.7 Å². The van der Waals surface area contributed by atoms with Gasteiger partial charge in [0.25, 0.3) is 0 Å². The predicted molar refractivity (Wildman–Crippen MR) is 110 cm³/mol. The van der Waals surface area contributed by atoms with Gasteiger partial charge in [0, 0.05) is 19.7 Å². The summed E-state index contributed by atoms with van der Waals surface area (Å²) < 4.78 is 8.96. The summed E-state index contributed by atoms with van der Waals surface area (Å²) in [5, 5.41) is 9.34. The molecule has 0 spiro atoms. The Morgan fingerprint density at radius 2 is 2.21 bits per heavy atom. The van der Waals surface area contributed by atoms with Gasteiger partial charge in [-0.2, -0.15) is 10.1 Å². The van der Waals surface area contributed by atoms with E-state index in [2.05, 4.69) is 27.0 Å². The molecular weight excluding hydrogens is 374 g/mol. The van der Waals surface area contributed by atoms with E-state index in [1.54, 1.807) is 22.2 Å². The average Bonchev–Trinajstić information content (AvgIpc) is 3.32. The lowest BCUT2D eigenvalue weighted by Gasteiger charge is -2.28. The molecule has 4 rings (SSSR count). The van der Waals surface area contributed by atoms with Crippen molar-refractivity contribution in [2.24, 2.45) is 13.0 Å². The Hall–Kier alpha value is -2.74. The number of aryl methyl sites for hydroxylation is 1. The number of allylic oxidation sites excluding steroid dienone is 1. The summed E-state index contributed by atoms with van der Waals surface area (Å²) in [4.78, 5) is 20.8. The molecule has 0 aromatic carbocycles. The van der Waals surface area contributed by atoms with E-state index >= 15 is 0 Å². The smallest absolute Gasteiger partial charge is 0.236 e. The van der Waals surface area contributed by atoms with Gasteiger partial charge in [-0.3, -0.25) is 9.48 Å². The number of aromatic nitrogens is 4. The maximum atomic E-state index is 11.6. The van der Waals surface area contributed by atoms with Crippen molar-refractivity contribution in [2.45, 2.75) is 38.2 Å². The maximum absolute atomic E-state index is 11.6. The molecule has 3 aromatic rings. The van der Waals surface area contributed by atoms with Crippen LogP contribution in [0.15, 0.2) is 36.5 Å². The molecule has 0 aliphatic heterocycles. The van der Waals surface area contributed by atoms with Gasteiger partial charge < -0.3 is 10.1 Å². The standard InChI is InChI=1S/C20H23N5O2S/c1-3-15(26)10-13-4-6-16(7-5-13)27-19-18-17(8-9-28-18)23-20(24-19)22-14-11-21-25(2)12-14/h3,8-9,11-13,16H,1,4-7,10H2,2H3,(H,22,23,24). The summed E-state index contributed by atoms with van der Waals surface area (Å²) in [7, 11) is 1.86. The van der Waals surface area contributed by atoms with Crippen LogP contribution in [0.3, 0.4) is 0 Å². The highest BCUT2D eigenvalue weighted by Gasteiger charge is 2.25. The first-order chi connectivity index (χ1) is 13.6. The Kier molecular flexibility index (Phi) is 5.38. The van der Waals surface area contributed by atoms with E-state index < -0.39 is 0 Å². The molecule has 0 radical (unpaired) electrons. The summed E-state index contributed by atoms with van der Waals surface area (Å²) >= 11 is 1.58. The van der Waals surface area contributed by atoms with E-state index in [1.165, 1.54) is 6.08 Å². The summed E-state index contributed by atoms with van der Waals surface area (Å²) in [5.74, 6) is 1.68. The van der Waals surface area contributed by atoms with Gasteiger partial charge in [-0.25, -0.2) is 4.98 Å². The van der Waals surface area contributed by atoms with E-state index in [9.17, 15) is 4.79 Å². The minimum Gasteiger partial charge on any atom is -0.473 e. The van der Waals surface area contributed by atoms with Crippen molar-refractivity contribution in [3.63, 3.8) is 0 Å². The van der Waals surface area contributed by atoms with E-state index in [-0.39, 0.29) is 11.9 Å². The topological polar surface area (TPSA) is 81.9 Å². The summed E-state index contributed by atoms with van der Waals surface area (Å²) in [6.07, 6.45) is 9.57. The number of ether oxygens (including phenoxy) is 1. The molecule has 1 aliphatic rings. The first-order valence-electron chi connectivity index (χ1n) is 9.43. The SMILES string of the molecule is C=CC(=O)CC1CCC(Oc2nc(Nc3cnn(C)c3)nc3ccsc23)CC1. The van der Waals surface area contributed by atoms with Gasteiger partial charge in [-0.1, -0.05) is 6.58 Å². The number of fused-ring (bicyclic) bond motifs is 1. The molecule has 1 fully saturated rings. The third-order valence-electron chi connectivity index (χ3n) is 5.02. The van der Waals surface area contributed by atoms with Crippen LogP contribution in [0.4, 0.5) is 11.6 Å². The molecule has 0 atom stereocenters. The third-order valence-corrected chi connectivity index (χ3v) is 5.91. The molecule has 28 heavy (non-hydrogen) atoms. The molecule has 0 bridgehead atoms. The maximum Gasteiger partial charge on any atom is 0.236 e. The van der Waals surface area contributed by atoms with Gasteiger partial charge in [0.05, 0.1) is 17.4 Å². The number of rotatable bonds is 7. The number of thiophene rings is 1. The lowest BCUT2D eigenvalue weighted by Crippen LogP contribution is -2.25. The second-order valence-corrected chi connectivity index (χ2v) is 8.07. The average molecular weight is 398 g/mol. The Bertz CT molecular complexity index is 988. The molecule has 8 heteroatoms. The molecule has 146 valence electrons. The van der Waals surface area contributed by atoms with Crippen LogP contribution in [0.1, 0.15) is 32.1 Å². The zero-order valence-corrected chi connectivity index (χ0v) is 16.6. The third kappa shape index (κ3) is 4.22. The van der Waals surface area contributed by atoms with Gasteiger partial charge >= 0.3 is 0 Å². The van der Waals surface area contributed by atoms with Crippen molar-refractivity contribution >= 4 is 39.0 Å². The summed E-state index contributed by atoms with van der Waals surface area (Å²) in [5.41, 5.74) is 1.70. The van der Waals surface area contributed by atoms with E-state index in [0.29, 0.717) is 24.2 Å². The fourth-order valence-electron chi connectivity index (χ4n) is 3.57. The van der Waals surface area contributed by atoms with Crippen LogP contribution >= 0.6 is 11.3 Å². The monoisotopic (exact) mass is 397 g/mol. The molecule has 3 heterocycles. The largest absolute Gasteiger partial charge is 0.473 e. The fourth-order valence-corrected chi connectivity index (χ4v) is 4.33. The van der Waals surface area contributed by atoms with Crippen LogP contribution in [0.25, 0.3) is 10.2 Å². The first-order valence-corrected chi connectivity index (χ1v) is 10.3. The van der Waals surface area contributed by atoms with Crippen molar-refractivity contribution in [3.05, 3.63) is 36.5 Å². The molecule has 1 N–H and O–H groups in total. The molecule has 1 saturated carbocycles. The van der Waals surface area contributed by atoms with Gasteiger partial charge in [-0.15, -0.1) is 11.3 Å². The Morgan fingerprint density at radius 3 is 2.93 bits per heavy atom. The van der Waals surface area contributed by atoms with Crippen molar-refractivity contribution in [1.82, 2.24) is 19.7 Å². The molecule has 0 saturated heterocycles. The number of carbonyl (C=O) groups is 1. The number of hydrogen-bond acceptors (Lipinski definition) is 7. The summed E-state index contributed by atoms with van der Waals surface area (Å²) in [6.45, 7) is 3.56. The zero-order chi connectivity index (χ0) is 19.5. The second kappa shape index (κ2) is 8.10. The highest BCUT2D eigenvalue weighted by atomic mass is 32.1. The fraction of sp³-hybridized carbons (Fsp3) is 0.400. The molecule has 0 unspecified atom stereocenters. The van der Waals surface area contributed by atoms with Crippen molar-refractivity contribution in [1.29, 1.82) is 0 Å². The number of anilines is 2. The Morgan fingerprint density at radius 1 is 1.39 bits per heavy atom. The van der Waals surface area contributed by atoms with Crippen LogP contribution in [0, 0.1) is 5.92 Å². The zero-order valence-electron chi connectivity index (χ0n) is 15.8. The first kappa shape index (κ1) is 18.6. The number of ketones is 1. The van der Waals surface area contributed by atoms with Gasteiger partial charge in [0.1, 0.15) is 10.8 Å². The number of nitrogens with zero attached hydrogens (tertiary/aromatic N) is 4. The number of nitrogens with one attached hydrogen (secondary N) is 1. The number of carbonyl (C=O) groups excluding carboxylic acids is 1. The van der Waals surface area contributed by atoms with Crippen molar-refractivity contribution < 1.29 is 9.53 Å². The molecule has 3 aromatic heterocycles. The number of hydrogen-bond donors (Lipinski definition) is 1. The van der Waals surface area contributed by atoms with Crippen molar-refractivity contribution in [3.8, 4) is 5.88 Å². The lowest BCUT2D eigenvalue weighted by atomic mass is 9.84. The highest BCUT2D eigenvalue weighted by molar-refractivity contribution is 7.17. The van der Waals surface area contributed by atoms with Crippen molar-refractivity contribution in [2.75, 3.05) is 5.32 Å². The predicted octanol–water partition coefficient (Wildman–Crippen LogP) is 4.25. The minimum absolute atomic E-state index is 0.113. The van der Waals surface area contributed by atoms with Gasteiger partial charge in [-0.05, 0) is 49.1 Å². The summed E-state index contributed by atoms with van der Waals surface area (Å²) in [6, 6.07) is 1.97. The Balaban J connectivity index is 1.47. The molecule has 0 amide bonds. The van der Waals surface area contributed by atoms with E-state index in [0.717, 1.165) is 41.6 Å².